The van der Waals surface area contributed by atoms with Crippen molar-refractivity contribution < 1.29 is 29.6 Å². The van der Waals surface area contributed by atoms with Crippen molar-refractivity contribution in [1.29, 1.82) is 0 Å². The number of fused-ring (bicyclic) bond motifs is 5. The van der Waals surface area contributed by atoms with Crippen LogP contribution in [0.1, 0.15) is 88.9 Å². The van der Waals surface area contributed by atoms with Crippen molar-refractivity contribution in [2.24, 2.45) is 40.4 Å². The number of aromatic hydroxyl groups is 3. The number of carbonyl (C=O) groups excluding carboxylic acids is 2. The van der Waals surface area contributed by atoms with Crippen molar-refractivity contribution >= 4 is 11.8 Å². The van der Waals surface area contributed by atoms with E-state index in [2.05, 4.69) is 13.8 Å². The van der Waals surface area contributed by atoms with Crippen LogP contribution in [-0.2, 0) is 9.53 Å². The van der Waals surface area contributed by atoms with Crippen LogP contribution in [0.2, 0.25) is 0 Å². The summed E-state index contributed by atoms with van der Waals surface area (Å²) in [4.78, 5) is 25.0. The Bertz CT molecular complexity index is 980. The molecule has 0 aromatic heterocycles. The second-order valence-corrected chi connectivity index (χ2v) is 12.1. The summed E-state index contributed by atoms with van der Waals surface area (Å²) >= 11 is 0. The van der Waals surface area contributed by atoms with Crippen molar-refractivity contribution in [3.8, 4) is 17.2 Å². The molecule has 0 saturated heterocycles. The van der Waals surface area contributed by atoms with Gasteiger partial charge >= 0.3 is 5.97 Å². The van der Waals surface area contributed by atoms with E-state index in [9.17, 15) is 24.9 Å². The van der Waals surface area contributed by atoms with Gasteiger partial charge in [0.25, 0.3) is 0 Å². The van der Waals surface area contributed by atoms with Crippen LogP contribution in [0.25, 0.3) is 0 Å². The molecule has 0 radical (unpaired) electrons. The molecule has 0 spiro atoms. The lowest BCUT2D eigenvalue weighted by Crippen LogP contribution is -2.54. The number of phenols is 3. The van der Waals surface area contributed by atoms with Gasteiger partial charge in [-0.2, -0.15) is 0 Å². The molecular weight excluding hydrogens is 432 g/mol. The van der Waals surface area contributed by atoms with Gasteiger partial charge in [-0.15, -0.1) is 0 Å². The average Bonchev–Trinajstić information content (AvgIpc) is 3.15. The van der Waals surface area contributed by atoms with Crippen molar-refractivity contribution in [3.63, 3.8) is 0 Å². The van der Waals surface area contributed by atoms with Gasteiger partial charge in [0.15, 0.2) is 17.2 Å². The van der Waals surface area contributed by atoms with Crippen molar-refractivity contribution in [2.45, 2.75) is 84.7 Å². The number of hydrogen-bond donors (Lipinski definition) is 3. The molecule has 4 fully saturated rings. The highest BCUT2D eigenvalue weighted by molar-refractivity contribution is 5.91. The third-order valence-electron chi connectivity index (χ3n) is 10.7. The lowest BCUT2D eigenvalue weighted by atomic mass is 9.44. The number of phenolic OH excluding ortho intramolecular Hbond substituents is 3. The first-order chi connectivity index (χ1) is 16.0. The summed E-state index contributed by atoms with van der Waals surface area (Å²) in [5.74, 6) is 0.863. The van der Waals surface area contributed by atoms with E-state index in [1.807, 2.05) is 0 Å². The topological polar surface area (TPSA) is 104 Å². The second-order valence-electron chi connectivity index (χ2n) is 12.1. The van der Waals surface area contributed by atoms with Gasteiger partial charge in [0, 0.05) is 5.92 Å². The Kier molecular flexibility index (Phi) is 5.64. The average molecular weight is 471 g/mol. The van der Waals surface area contributed by atoms with Gasteiger partial charge in [0.2, 0.25) is 0 Å². The van der Waals surface area contributed by atoms with E-state index < -0.39 is 23.2 Å². The molecule has 6 heteroatoms. The van der Waals surface area contributed by atoms with Crippen LogP contribution < -0.4 is 0 Å². The summed E-state index contributed by atoms with van der Waals surface area (Å²) in [6.07, 6.45) is 9.46. The minimum absolute atomic E-state index is 0.0395. The third kappa shape index (κ3) is 3.51. The van der Waals surface area contributed by atoms with E-state index in [0.29, 0.717) is 29.5 Å². The summed E-state index contributed by atoms with van der Waals surface area (Å²) in [5, 5.41) is 29.0. The fourth-order valence-corrected chi connectivity index (χ4v) is 8.94. The standard InChI is InChI=1S/C28H38O6/c1-15(29)20-6-7-21-19-5-4-17-14-18(8-10-27(17,2)22(19)9-11-28(20,21)3)34-26(33)16-12-23(30)25(32)24(31)13-16/h12-13,17-22,30-32H,4-11,14H2,1-3H3/t17-,18-,19-,20+,21-,22-,27-,28+/m0/s1. The molecule has 4 saturated carbocycles. The summed E-state index contributed by atoms with van der Waals surface area (Å²) < 4.78 is 5.80. The van der Waals surface area contributed by atoms with Crippen molar-refractivity contribution in [3.05, 3.63) is 17.7 Å². The van der Waals surface area contributed by atoms with E-state index in [0.717, 1.165) is 50.7 Å². The molecule has 6 nitrogen and oxygen atoms in total. The minimum atomic E-state index is -0.637. The molecule has 1 aromatic carbocycles. The summed E-state index contributed by atoms with van der Waals surface area (Å²) in [7, 11) is 0. The van der Waals surface area contributed by atoms with Gasteiger partial charge in [-0.1, -0.05) is 13.8 Å². The fourth-order valence-electron chi connectivity index (χ4n) is 8.94. The highest BCUT2D eigenvalue weighted by atomic mass is 16.5. The first kappa shape index (κ1) is 23.5. The zero-order valence-corrected chi connectivity index (χ0v) is 20.5. The predicted molar refractivity (Wildman–Crippen MR) is 127 cm³/mol. The van der Waals surface area contributed by atoms with Crippen LogP contribution in [0.15, 0.2) is 12.1 Å². The maximum Gasteiger partial charge on any atom is 0.338 e. The number of rotatable bonds is 3. The monoisotopic (exact) mass is 470 g/mol. The lowest BCUT2D eigenvalue weighted by Gasteiger charge is -2.61. The Hall–Kier alpha value is -2.24. The molecule has 4 aliphatic rings. The number of hydrogen-bond acceptors (Lipinski definition) is 6. The molecule has 0 bridgehead atoms. The molecule has 186 valence electrons. The molecule has 0 aliphatic heterocycles. The zero-order valence-electron chi connectivity index (χ0n) is 20.5. The Labute approximate surface area is 201 Å². The molecule has 8 atom stereocenters. The normalized spacial score (nSPS) is 41.1. The summed E-state index contributed by atoms with van der Waals surface area (Å²) in [6.45, 7) is 6.63. The van der Waals surface area contributed by atoms with Crippen LogP contribution in [0.3, 0.4) is 0 Å². The first-order valence-corrected chi connectivity index (χ1v) is 13.0. The van der Waals surface area contributed by atoms with Crippen LogP contribution in [0.5, 0.6) is 17.2 Å². The van der Waals surface area contributed by atoms with Crippen LogP contribution in [0.4, 0.5) is 0 Å². The van der Waals surface area contributed by atoms with Gasteiger partial charge in [0.1, 0.15) is 11.9 Å². The Morgan fingerprint density at radius 3 is 2.21 bits per heavy atom. The molecule has 4 aliphatic carbocycles. The molecule has 0 heterocycles. The molecule has 3 N–H and O–H groups in total. The van der Waals surface area contributed by atoms with E-state index in [1.165, 1.54) is 19.3 Å². The highest BCUT2D eigenvalue weighted by Gasteiger charge is 2.60. The van der Waals surface area contributed by atoms with E-state index in [1.54, 1.807) is 6.92 Å². The maximum absolute atomic E-state index is 12.7. The van der Waals surface area contributed by atoms with Gasteiger partial charge < -0.3 is 20.1 Å². The summed E-state index contributed by atoms with van der Waals surface area (Å²) in [5.41, 5.74) is 0.457. The zero-order chi connectivity index (χ0) is 24.4. The van der Waals surface area contributed by atoms with Gasteiger partial charge in [-0.3, -0.25) is 4.79 Å². The van der Waals surface area contributed by atoms with E-state index in [-0.39, 0.29) is 28.4 Å². The van der Waals surface area contributed by atoms with E-state index >= 15 is 0 Å². The van der Waals surface area contributed by atoms with Gasteiger partial charge in [-0.05, 0) is 111 Å². The largest absolute Gasteiger partial charge is 0.504 e. The van der Waals surface area contributed by atoms with Crippen molar-refractivity contribution in [2.75, 3.05) is 0 Å². The first-order valence-electron chi connectivity index (χ1n) is 13.0. The maximum atomic E-state index is 12.7. The highest BCUT2D eigenvalue weighted by Crippen LogP contribution is 2.67. The van der Waals surface area contributed by atoms with Crippen molar-refractivity contribution in [1.82, 2.24) is 0 Å². The number of esters is 1. The fraction of sp³-hybridized carbons (Fsp3) is 0.714. The number of ketones is 1. The number of carbonyl (C=O) groups is 2. The van der Waals surface area contributed by atoms with Crippen LogP contribution >= 0.6 is 0 Å². The predicted octanol–water partition coefficient (Wildman–Crippen LogP) is 5.58. The minimum Gasteiger partial charge on any atom is -0.504 e. The number of benzene rings is 1. The Balaban J connectivity index is 1.28. The Morgan fingerprint density at radius 2 is 1.53 bits per heavy atom. The Morgan fingerprint density at radius 1 is 0.882 bits per heavy atom. The molecular formula is C28H38O6. The third-order valence-corrected chi connectivity index (χ3v) is 10.7. The lowest BCUT2D eigenvalue weighted by molar-refractivity contribution is -0.138. The van der Waals surface area contributed by atoms with Crippen LogP contribution in [-0.4, -0.2) is 33.2 Å². The molecule has 0 unspecified atom stereocenters. The van der Waals surface area contributed by atoms with Gasteiger partial charge in [-0.25, -0.2) is 4.79 Å². The molecule has 34 heavy (non-hydrogen) atoms. The second kappa shape index (κ2) is 8.17. The van der Waals surface area contributed by atoms with E-state index in [4.69, 9.17) is 4.74 Å². The number of Topliss-reactive ketones (excluding diaryl/α,β-unsaturated/α-hetero) is 1. The van der Waals surface area contributed by atoms with Crippen LogP contribution in [0, 0.1) is 40.4 Å². The molecule has 1 aromatic rings. The molecule has 5 rings (SSSR count). The smallest absolute Gasteiger partial charge is 0.338 e. The number of ether oxygens (including phenoxy) is 1. The quantitative estimate of drug-likeness (QED) is 0.394. The SMILES string of the molecule is CC(=O)[C@H]1CC[C@H]2[C@@H]3CC[C@H]4C[C@@H](OC(=O)c5cc(O)c(O)c(O)c5)CC[C@]4(C)[C@H]3CC[C@]12C. The van der Waals surface area contributed by atoms with Gasteiger partial charge in [0.05, 0.1) is 5.56 Å². The molecule has 0 amide bonds. The summed E-state index contributed by atoms with van der Waals surface area (Å²) in [6, 6.07) is 2.26.